The minimum absolute atomic E-state index is 0.340. The monoisotopic (exact) mass is 277 g/mol. The third kappa shape index (κ3) is 3.92. The number of hydrogen-bond donors (Lipinski definition) is 0. The van der Waals surface area contributed by atoms with Crippen LogP contribution in [0.3, 0.4) is 0 Å². The number of hydrogen-bond acceptors (Lipinski definition) is 4. The lowest BCUT2D eigenvalue weighted by molar-refractivity contribution is 0.179. The van der Waals surface area contributed by atoms with Crippen LogP contribution in [0.2, 0.25) is 0 Å². The molecular formula is C16H27N3O. The van der Waals surface area contributed by atoms with Crippen molar-refractivity contribution in [2.24, 2.45) is 0 Å². The quantitative estimate of drug-likeness (QED) is 0.829. The van der Waals surface area contributed by atoms with E-state index in [1.54, 1.807) is 0 Å². The number of aryl methyl sites for hydroxylation is 2. The number of ether oxygens (including phenoxy) is 1. The van der Waals surface area contributed by atoms with Crippen LogP contribution in [-0.4, -0.2) is 41.1 Å². The molecule has 0 amide bonds. The van der Waals surface area contributed by atoms with E-state index in [9.17, 15) is 0 Å². The van der Waals surface area contributed by atoms with E-state index in [-0.39, 0.29) is 0 Å². The molecule has 1 aromatic rings. The first kappa shape index (κ1) is 15.2. The second-order valence-corrected chi connectivity index (χ2v) is 5.99. The maximum atomic E-state index is 5.92. The zero-order chi connectivity index (χ0) is 14.5. The minimum atomic E-state index is 0.340. The van der Waals surface area contributed by atoms with Crippen molar-refractivity contribution in [3.63, 3.8) is 0 Å². The van der Waals surface area contributed by atoms with Gasteiger partial charge in [0.25, 0.3) is 0 Å². The van der Waals surface area contributed by atoms with E-state index in [4.69, 9.17) is 4.74 Å². The SMILES string of the molecule is Cc1nc(OCCN2CCCCC2)c(C(C)C)nc1C. The lowest BCUT2D eigenvalue weighted by atomic mass is 10.1. The highest BCUT2D eigenvalue weighted by molar-refractivity contribution is 5.26. The molecule has 0 spiro atoms. The maximum Gasteiger partial charge on any atom is 0.236 e. The van der Waals surface area contributed by atoms with Gasteiger partial charge in [-0.1, -0.05) is 20.3 Å². The molecule has 0 saturated carbocycles. The van der Waals surface area contributed by atoms with Crippen LogP contribution < -0.4 is 4.74 Å². The average molecular weight is 277 g/mol. The first-order valence-corrected chi connectivity index (χ1v) is 7.78. The Balaban J connectivity index is 1.95. The van der Waals surface area contributed by atoms with Gasteiger partial charge in [0.2, 0.25) is 5.88 Å². The van der Waals surface area contributed by atoms with Gasteiger partial charge in [-0.3, -0.25) is 9.88 Å². The fraction of sp³-hybridized carbons (Fsp3) is 0.750. The summed E-state index contributed by atoms with van der Waals surface area (Å²) >= 11 is 0. The zero-order valence-electron chi connectivity index (χ0n) is 13.3. The highest BCUT2D eigenvalue weighted by atomic mass is 16.5. The van der Waals surface area contributed by atoms with Gasteiger partial charge in [-0.05, 0) is 39.8 Å². The van der Waals surface area contributed by atoms with Gasteiger partial charge in [0.15, 0.2) is 0 Å². The van der Waals surface area contributed by atoms with Crippen LogP contribution in [-0.2, 0) is 0 Å². The number of likely N-dealkylation sites (tertiary alicyclic amines) is 1. The lowest BCUT2D eigenvalue weighted by Gasteiger charge is -2.26. The molecule has 0 radical (unpaired) electrons. The molecule has 1 fully saturated rings. The van der Waals surface area contributed by atoms with Crippen LogP contribution >= 0.6 is 0 Å². The Morgan fingerprint density at radius 3 is 2.35 bits per heavy atom. The first-order valence-electron chi connectivity index (χ1n) is 7.78. The van der Waals surface area contributed by atoms with Crippen molar-refractivity contribution in [2.75, 3.05) is 26.2 Å². The van der Waals surface area contributed by atoms with E-state index >= 15 is 0 Å². The molecule has 0 unspecified atom stereocenters. The summed E-state index contributed by atoms with van der Waals surface area (Å²) in [6.07, 6.45) is 4.01. The average Bonchev–Trinajstić information content (AvgIpc) is 2.43. The molecule has 2 rings (SSSR count). The van der Waals surface area contributed by atoms with Crippen molar-refractivity contribution in [1.82, 2.24) is 14.9 Å². The lowest BCUT2D eigenvalue weighted by Crippen LogP contribution is -2.33. The van der Waals surface area contributed by atoms with Gasteiger partial charge >= 0.3 is 0 Å². The maximum absolute atomic E-state index is 5.92. The summed E-state index contributed by atoms with van der Waals surface area (Å²) in [5, 5.41) is 0. The largest absolute Gasteiger partial charge is 0.475 e. The molecule has 4 heteroatoms. The van der Waals surface area contributed by atoms with Gasteiger partial charge in [-0.15, -0.1) is 0 Å². The van der Waals surface area contributed by atoms with Crippen molar-refractivity contribution in [3.05, 3.63) is 17.1 Å². The molecule has 1 aliphatic heterocycles. The van der Waals surface area contributed by atoms with Crippen molar-refractivity contribution >= 4 is 0 Å². The molecule has 4 nitrogen and oxygen atoms in total. The van der Waals surface area contributed by atoms with E-state index in [2.05, 4.69) is 28.7 Å². The molecule has 1 aromatic heterocycles. The van der Waals surface area contributed by atoms with Crippen LogP contribution in [0.25, 0.3) is 0 Å². The van der Waals surface area contributed by atoms with E-state index in [1.165, 1.54) is 32.4 Å². The second-order valence-electron chi connectivity index (χ2n) is 5.99. The van der Waals surface area contributed by atoms with Gasteiger partial charge in [0.05, 0.1) is 11.4 Å². The summed E-state index contributed by atoms with van der Waals surface area (Å²) in [4.78, 5) is 11.7. The van der Waals surface area contributed by atoms with E-state index in [1.807, 2.05) is 13.8 Å². The molecule has 0 bridgehead atoms. The van der Waals surface area contributed by atoms with Crippen LogP contribution in [0.15, 0.2) is 0 Å². The van der Waals surface area contributed by atoms with E-state index < -0.39 is 0 Å². The highest BCUT2D eigenvalue weighted by Gasteiger charge is 2.15. The van der Waals surface area contributed by atoms with Gasteiger partial charge in [-0.2, -0.15) is 0 Å². The number of rotatable bonds is 5. The summed E-state index contributed by atoms with van der Waals surface area (Å²) in [6, 6.07) is 0. The molecule has 0 aromatic carbocycles. The fourth-order valence-electron chi connectivity index (χ4n) is 2.54. The molecule has 0 N–H and O–H groups in total. The molecule has 1 aliphatic rings. The van der Waals surface area contributed by atoms with Crippen molar-refractivity contribution in [3.8, 4) is 5.88 Å². The minimum Gasteiger partial charge on any atom is -0.475 e. The summed E-state index contributed by atoms with van der Waals surface area (Å²) in [5.41, 5.74) is 2.94. The van der Waals surface area contributed by atoms with Crippen LogP contribution in [0.5, 0.6) is 5.88 Å². The predicted molar refractivity (Wildman–Crippen MR) is 81.4 cm³/mol. The number of aromatic nitrogens is 2. The van der Waals surface area contributed by atoms with Gasteiger partial charge in [0.1, 0.15) is 12.3 Å². The molecule has 0 aliphatic carbocycles. The summed E-state index contributed by atoms with van der Waals surface area (Å²) in [5.74, 6) is 1.06. The zero-order valence-corrected chi connectivity index (χ0v) is 13.3. The Morgan fingerprint density at radius 1 is 1.05 bits per heavy atom. The van der Waals surface area contributed by atoms with Gasteiger partial charge < -0.3 is 4.74 Å². The van der Waals surface area contributed by atoms with E-state index in [0.29, 0.717) is 12.5 Å². The molecule has 0 atom stereocenters. The second kappa shape index (κ2) is 7.02. The third-order valence-corrected chi connectivity index (χ3v) is 3.94. The topological polar surface area (TPSA) is 38.2 Å². The molecule has 1 saturated heterocycles. The fourth-order valence-corrected chi connectivity index (χ4v) is 2.54. The van der Waals surface area contributed by atoms with Crippen LogP contribution in [0.4, 0.5) is 0 Å². The predicted octanol–water partition coefficient (Wildman–Crippen LogP) is 3.08. The Bertz CT molecular complexity index is 440. The standard InChI is InChI=1S/C16H27N3O/c1-12(2)15-16(18-14(4)13(3)17-15)20-11-10-19-8-6-5-7-9-19/h12H,5-11H2,1-4H3. The highest BCUT2D eigenvalue weighted by Crippen LogP contribution is 2.23. The third-order valence-electron chi connectivity index (χ3n) is 3.94. The van der Waals surface area contributed by atoms with Crippen LogP contribution in [0.1, 0.15) is 56.1 Å². The van der Waals surface area contributed by atoms with Crippen molar-refractivity contribution < 1.29 is 4.74 Å². The van der Waals surface area contributed by atoms with Crippen molar-refractivity contribution in [1.29, 1.82) is 0 Å². The molecule has 20 heavy (non-hydrogen) atoms. The Morgan fingerprint density at radius 2 is 1.70 bits per heavy atom. The Kier molecular flexibility index (Phi) is 5.35. The van der Waals surface area contributed by atoms with Crippen LogP contribution in [0, 0.1) is 13.8 Å². The normalized spacial score (nSPS) is 16.6. The summed E-state index contributed by atoms with van der Waals surface area (Å²) < 4.78 is 5.92. The van der Waals surface area contributed by atoms with Gasteiger partial charge in [0, 0.05) is 12.5 Å². The molecule has 112 valence electrons. The van der Waals surface area contributed by atoms with Crippen molar-refractivity contribution in [2.45, 2.75) is 52.9 Å². The summed E-state index contributed by atoms with van der Waals surface area (Å²) in [6.45, 7) is 12.4. The van der Waals surface area contributed by atoms with Gasteiger partial charge in [-0.25, -0.2) is 4.98 Å². The van der Waals surface area contributed by atoms with E-state index in [0.717, 1.165) is 29.5 Å². The first-order chi connectivity index (χ1) is 9.58. The smallest absolute Gasteiger partial charge is 0.236 e. The molecular weight excluding hydrogens is 250 g/mol. The number of nitrogens with zero attached hydrogens (tertiary/aromatic N) is 3. The molecule has 2 heterocycles. The Labute approximate surface area is 122 Å². The Hall–Kier alpha value is -1.16. The summed E-state index contributed by atoms with van der Waals surface area (Å²) in [7, 11) is 0. The number of piperidine rings is 1.